The Bertz CT molecular complexity index is 3000. The van der Waals surface area contributed by atoms with E-state index in [-0.39, 0.29) is 65.8 Å². The number of aryl methyl sites for hydroxylation is 3. The molecule has 2 aromatic heterocycles. The first-order valence-corrected chi connectivity index (χ1v) is 36.4. The largest absolute Gasteiger partial charge is 0.508 e. The van der Waals surface area contributed by atoms with Gasteiger partial charge < -0.3 is 67.1 Å². The number of hydrogen-bond donors (Lipinski definition) is 11. The van der Waals surface area contributed by atoms with Gasteiger partial charge in [-0.05, 0) is 210 Å². The van der Waals surface area contributed by atoms with Gasteiger partial charge in [0, 0.05) is 89.8 Å². The van der Waals surface area contributed by atoms with Gasteiger partial charge >= 0.3 is 0 Å². The number of nitrogens with two attached hydrogens (primary N) is 2. The highest BCUT2D eigenvalue weighted by Crippen LogP contribution is 2.73. The number of hydrogen-bond acceptors (Lipinski definition) is 13. The molecule has 2 spiro atoms. The highest BCUT2D eigenvalue weighted by atomic mass is 33.1. The fourth-order valence-corrected chi connectivity index (χ4v) is 22.2. The van der Waals surface area contributed by atoms with Crippen LogP contribution in [0.15, 0.2) is 76.2 Å². The number of ether oxygens (including phenoxy) is 1. The Morgan fingerprint density at radius 3 is 2.53 bits per heavy atom. The van der Waals surface area contributed by atoms with E-state index in [0.717, 1.165) is 104 Å². The van der Waals surface area contributed by atoms with Gasteiger partial charge in [0.1, 0.15) is 30.0 Å². The van der Waals surface area contributed by atoms with Gasteiger partial charge in [0.2, 0.25) is 0 Å². The number of furan rings is 1. The molecule has 2 aromatic carbocycles. The van der Waals surface area contributed by atoms with Crippen LogP contribution in [0.4, 0.5) is 0 Å². The van der Waals surface area contributed by atoms with Crippen LogP contribution in [-0.2, 0) is 25.9 Å². The second-order valence-corrected chi connectivity index (χ2v) is 31.2. The maximum absolute atomic E-state index is 12.0. The number of aliphatic hydroxyl groups excluding tert-OH is 3. The van der Waals surface area contributed by atoms with Crippen LogP contribution < -0.4 is 32.2 Å². The molecule has 3 heterocycles. The fourth-order valence-electron chi connectivity index (χ4n) is 19.3. The number of phenolic OH excluding ortho intramolecular Hbond substituents is 2. The monoisotopic (exact) mass is 1230 g/mol. The lowest BCUT2D eigenvalue weighted by molar-refractivity contribution is 0.0354. The third-order valence-electron chi connectivity index (χ3n) is 23.4. The van der Waals surface area contributed by atoms with Gasteiger partial charge in [0.05, 0.1) is 18.8 Å². The number of likely N-dealkylation sites (N-methyl/N-ethyl adjacent to an activating group) is 1. The molecule has 6 bridgehead atoms. The second-order valence-electron chi connectivity index (χ2n) is 28.6. The van der Waals surface area contributed by atoms with E-state index in [1.165, 1.54) is 81.0 Å². The van der Waals surface area contributed by atoms with E-state index in [0.29, 0.717) is 84.2 Å². The number of nitrogens with zero attached hydrogens (tertiary/aromatic N) is 1. The van der Waals surface area contributed by atoms with E-state index >= 15 is 0 Å². The third-order valence-corrected chi connectivity index (χ3v) is 25.9. The average molecular weight is 1230 g/mol. The topological polar surface area (TPSA) is 240 Å². The highest BCUT2D eigenvalue weighted by molar-refractivity contribution is 8.76. The van der Waals surface area contributed by atoms with Crippen molar-refractivity contribution in [2.45, 2.75) is 209 Å². The van der Waals surface area contributed by atoms with Crippen molar-refractivity contribution in [1.82, 2.24) is 20.9 Å². The maximum atomic E-state index is 12.0. The number of allylic oxidation sites excluding steroid dienone is 2. The maximum Gasteiger partial charge on any atom is 0.189 e. The van der Waals surface area contributed by atoms with E-state index in [1.807, 2.05) is 65.9 Å². The van der Waals surface area contributed by atoms with Gasteiger partial charge in [-0.3, -0.25) is 0 Å². The molecule has 17 atom stereocenters. The zero-order chi connectivity index (χ0) is 60.4. The summed E-state index contributed by atoms with van der Waals surface area (Å²) in [6.07, 6.45) is 26.8. The number of phenols is 2. The molecule has 5 saturated carbocycles. The van der Waals surface area contributed by atoms with E-state index < -0.39 is 12.2 Å². The van der Waals surface area contributed by atoms with Crippen molar-refractivity contribution >= 4 is 27.5 Å². The molecule has 0 unspecified atom stereocenters. The number of aromatic amines is 1. The van der Waals surface area contributed by atoms with Crippen LogP contribution in [-0.4, -0.2) is 105 Å². The van der Waals surface area contributed by atoms with Crippen LogP contribution in [0.25, 0.3) is 0 Å². The molecule has 9 aliphatic rings. The lowest BCUT2D eigenvalue weighted by atomic mass is 9.52. The van der Waals surface area contributed by atoms with E-state index in [4.69, 9.17) is 25.6 Å². The Morgan fingerprint density at radius 1 is 0.874 bits per heavy atom. The van der Waals surface area contributed by atoms with Gasteiger partial charge in [-0.2, -0.15) is 0 Å². The number of aromatic hydroxyl groups is 2. The Hall–Kier alpha value is -4.13. The lowest BCUT2D eigenvalue weighted by Gasteiger charge is -2.53. The quantitative estimate of drug-likeness (QED) is 0.0171. The number of aliphatic imine (C=N–C) groups is 1. The Labute approximate surface area is 525 Å². The smallest absolute Gasteiger partial charge is 0.189 e. The summed E-state index contributed by atoms with van der Waals surface area (Å²) in [5.41, 5.74) is 20.5. The van der Waals surface area contributed by atoms with E-state index in [1.54, 1.807) is 12.1 Å². The summed E-state index contributed by atoms with van der Waals surface area (Å²) < 4.78 is 12.9. The van der Waals surface area contributed by atoms with Crippen molar-refractivity contribution in [3.8, 4) is 17.2 Å². The van der Waals surface area contributed by atoms with Crippen LogP contribution >= 0.6 is 21.6 Å². The van der Waals surface area contributed by atoms with E-state index in [2.05, 4.69) is 52.1 Å². The molecule has 13 rings (SSSR count). The predicted molar refractivity (Wildman–Crippen MR) is 351 cm³/mol. The molecule has 0 amide bonds. The van der Waals surface area contributed by atoms with Crippen LogP contribution in [0.3, 0.4) is 0 Å². The number of H-pyrrole nitrogens is 1. The predicted octanol–water partition coefficient (Wildman–Crippen LogP) is 11.8. The normalized spacial score (nSPS) is 33.2. The number of aliphatic hydroxyl groups is 3. The molecule has 1 saturated heterocycles. The summed E-state index contributed by atoms with van der Waals surface area (Å²) in [5.74, 6) is 9.86. The van der Waals surface area contributed by atoms with Crippen molar-refractivity contribution in [3.05, 3.63) is 112 Å². The molecule has 14 nitrogen and oxygen atoms in total. The Morgan fingerprint density at radius 2 is 1.71 bits per heavy atom. The van der Waals surface area contributed by atoms with Crippen molar-refractivity contribution in [1.29, 1.82) is 0 Å². The standard InChI is InChI=1S/C71H103N7O7S2/c1-42-14-20-53-48-29-44(16-21-54(53)56(58(72)34-48)40-86-87-41-61(42)78-69(73)76-50-11-6-9-46(31-50)47-10-7-12-51(81)32-47)18-23-64-49(38-79)33-52(85-64)19-15-45-17-22-62(82)65(30-45)84-39-63(83)59-35-55-67(60(37-74-3)75-36-43(2)80)71-27-8-13-66(71)70(25-4-5-26-70)57(24-28-71)68(55)77-59/h7,10,12,17,22,24,28,30,32-33,35,42-44,46,48,50,53-54,56-58,60-61,63,66-67,74-75,77,79-83H,4-6,8-9,11,13-16,18-21,23,25-27,29,31,34,36-41,72H2,1-3H3,(H3,73,76,78)/t42-,43-,44-,46-,48+,50-,53-,54+,56+,57+,58+,60-,61+,63-,66+,67+,71+/m0/s1. The minimum Gasteiger partial charge on any atom is -0.508 e. The van der Waals surface area contributed by atoms with Crippen LogP contribution in [0.1, 0.15) is 198 Å². The zero-order valence-corrected chi connectivity index (χ0v) is 53.8. The number of nitrogens with one attached hydrogen (secondary N) is 4. The Balaban J connectivity index is 0.660. The summed E-state index contributed by atoms with van der Waals surface area (Å²) in [6.45, 7) is 5.44. The zero-order valence-electron chi connectivity index (χ0n) is 52.2. The minimum absolute atomic E-state index is 0.000418. The van der Waals surface area contributed by atoms with Crippen molar-refractivity contribution in [2.24, 2.45) is 68.7 Å². The van der Waals surface area contributed by atoms with Crippen molar-refractivity contribution < 1.29 is 34.7 Å². The summed E-state index contributed by atoms with van der Waals surface area (Å²) in [5, 5.41) is 65.3. The summed E-state index contributed by atoms with van der Waals surface area (Å²) in [6, 6.07) is 18.2. The van der Waals surface area contributed by atoms with Gasteiger partial charge in [-0.15, -0.1) is 0 Å². The summed E-state index contributed by atoms with van der Waals surface area (Å²) >= 11 is 0. The molecular weight excluding hydrogens is 1130 g/mol. The highest BCUT2D eigenvalue weighted by Gasteiger charge is 2.65. The Kier molecular flexibility index (Phi) is 20.1. The minimum atomic E-state index is -0.945. The second kappa shape index (κ2) is 27.8. The summed E-state index contributed by atoms with van der Waals surface area (Å²) in [7, 11) is 5.97. The first kappa shape index (κ1) is 63.0. The fraction of sp³-hybridized carbons (Fsp3) is 0.676. The first-order valence-electron chi connectivity index (χ1n) is 33.9. The molecule has 8 aliphatic carbocycles. The molecule has 13 N–H and O–H groups in total. The van der Waals surface area contributed by atoms with Crippen molar-refractivity contribution in [3.63, 3.8) is 0 Å². The molecule has 0 radical (unpaired) electrons. The molecular formula is C71H103N7O7S2. The molecule has 87 heavy (non-hydrogen) atoms. The van der Waals surface area contributed by atoms with Gasteiger partial charge in [-0.25, -0.2) is 4.99 Å². The molecule has 16 heteroatoms. The number of aromatic nitrogens is 1. The summed E-state index contributed by atoms with van der Waals surface area (Å²) in [4.78, 5) is 9.06. The van der Waals surface area contributed by atoms with Crippen LogP contribution in [0.5, 0.6) is 17.2 Å². The molecule has 6 fully saturated rings. The molecule has 4 aromatic rings. The molecule has 1 aliphatic heterocycles. The number of rotatable bonds is 20. The number of guanidine groups is 1. The molecule has 476 valence electrons. The first-order chi connectivity index (χ1) is 42.2. The van der Waals surface area contributed by atoms with E-state index in [9.17, 15) is 25.5 Å². The van der Waals surface area contributed by atoms with Crippen LogP contribution in [0, 0.1) is 52.3 Å². The third kappa shape index (κ3) is 13.5. The van der Waals surface area contributed by atoms with Gasteiger partial charge in [0.25, 0.3) is 0 Å². The van der Waals surface area contributed by atoms with Crippen molar-refractivity contribution in [2.75, 3.05) is 38.2 Å². The van der Waals surface area contributed by atoms with Crippen LogP contribution in [0.2, 0.25) is 0 Å². The lowest BCUT2D eigenvalue weighted by Crippen LogP contribution is -2.52. The SMILES string of the molecule is CNC[C@H](NC[C@H](C)O)[C@H]1c2cc([C@@H](O)COc3cc(CCc4cc(CO)c(CC[C@@H]5CC[C@H]6[C@H]7CSSC[C@@H](N=C(N)N[C@H]8CCC[C@H](c9cccc(O)c9)C8)[C@@H](C)CC[C@H]6[C@H](C5)C[C@H]7N)o4)ccc3O)[nH]c2[C@H]2C=C[C@@]13CCC[C@@H]3C21CCCC1. The number of benzene rings is 2. The average Bonchev–Trinajstić information content (AvgIpc) is 1.55. The van der Waals surface area contributed by atoms with Gasteiger partial charge in [-0.1, -0.05) is 91.0 Å². The van der Waals surface area contributed by atoms with Gasteiger partial charge in [0.15, 0.2) is 17.5 Å².